The highest BCUT2D eigenvalue weighted by Gasteiger charge is 2.16. The maximum absolute atomic E-state index is 11.5. The van der Waals surface area contributed by atoms with Crippen LogP contribution >= 0.6 is 27.3 Å². The summed E-state index contributed by atoms with van der Waals surface area (Å²) < 4.78 is 5.72. The summed E-state index contributed by atoms with van der Waals surface area (Å²) in [5, 5.41) is 9.84. The molecule has 0 saturated heterocycles. The van der Waals surface area contributed by atoms with Crippen LogP contribution < -0.4 is 4.90 Å². The van der Waals surface area contributed by atoms with Crippen molar-refractivity contribution >= 4 is 38.2 Å². The minimum Gasteiger partial charge on any atom is -0.465 e. The number of nitrogens with zero attached hydrogens (tertiary/aromatic N) is 2. The molecule has 6 heteroatoms. The van der Waals surface area contributed by atoms with Crippen LogP contribution in [0, 0.1) is 11.3 Å². The summed E-state index contributed by atoms with van der Waals surface area (Å²) in [6.45, 7) is 5.20. The molecule has 0 radical (unpaired) electrons. The molecular weight excluding hydrogens is 316 g/mol. The molecule has 0 atom stereocenters. The molecule has 0 spiro atoms. The van der Waals surface area contributed by atoms with Gasteiger partial charge in [-0.25, -0.2) is 0 Å². The van der Waals surface area contributed by atoms with Crippen molar-refractivity contribution in [1.82, 2.24) is 0 Å². The lowest BCUT2D eigenvalue weighted by molar-refractivity contribution is -0.141. The van der Waals surface area contributed by atoms with Gasteiger partial charge in [-0.1, -0.05) is 6.92 Å². The number of rotatable bonds is 6. The van der Waals surface area contributed by atoms with E-state index < -0.39 is 0 Å². The van der Waals surface area contributed by atoms with Crippen molar-refractivity contribution < 1.29 is 9.53 Å². The molecule has 1 aromatic rings. The van der Waals surface area contributed by atoms with Gasteiger partial charge in [0.1, 0.15) is 17.5 Å². The smallest absolute Gasteiger partial charge is 0.325 e. The van der Waals surface area contributed by atoms with Crippen molar-refractivity contribution in [2.24, 2.45) is 0 Å². The highest BCUT2D eigenvalue weighted by Crippen LogP contribution is 2.33. The number of hydrogen-bond acceptors (Lipinski definition) is 5. The average Bonchev–Trinajstić information content (AvgIpc) is 2.70. The first-order valence-electron chi connectivity index (χ1n) is 5.72. The predicted octanol–water partition coefficient (Wildman–Crippen LogP) is 3.16. The first-order valence-corrected chi connectivity index (χ1v) is 7.33. The predicted molar refractivity (Wildman–Crippen MR) is 75.9 cm³/mol. The number of nitriles is 1. The number of ether oxygens (including phenoxy) is 1. The van der Waals surface area contributed by atoms with Crippen LogP contribution in [0.15, 0.2) is 10.5 Å². The Bertz CT molecular complexity index is 453. The Morgan fingerprint density at radius 1 is 1.61 bits per heavy atom. The van der Waals surface area contributed by atoms with Crippen LogP contribution in [0.4, 0.5) is 5.00 Å². The molecule has 0 saturated carbocycles. The summed E-state index contributed by atoms with van der Waals surface area (Å²) in [7, 11) is 0. The van der Waals surface area contributed by atoms with Crippen LogP contribution in [0.5, 0.6) is 0 Å². The van der Waals surface area contributed by atoms with E-state index in [1.807, 2.05) is 17.9 Å². The van der Waals surface area contributed by atoms with E-state index in [0.29, 0.717) is 11.5 Å². The first-order chi connectivity index (χ1) is 8.62. The van der Waals surface area contributed by atoms with Gasteiger partial charge >= 0.3 is 5.97 Å². The lowest BCUT2D eigenvalue weighted by Crippen LogP contribution is -2.31. The van der Waals surface area contributed by atoms with Crippen molar-refractivity contribution in [2.75, 3.05) is 24.6 Å². The molecule has 4 nitrogen and oxygen atoms in total. The maximum atomic E-state index is 11.5. The number of hydrogen-bond donors (Lipinski definition) is 0. The van der Waals surface area contributed by atoms with E-state index in [2.05, 4.69) is 22.0 Å². The lowest BCUT2D eigenvalue weighted by Gasteiger charge is -2.20. The Morgan fingerprint density at radius 2 is 2.33 bits per heavy atom. The molecule has 1 aromatic heterocycles. The molecule has 1 rings (SSSR count). The molecular formula is C12H15BrN2O2S. The topological polar surface area (TPSA) is 53.3 Å². The normalized spacial score (nSPS) is 9.89. The summed E-state index contributed by atoms with van der Waals surface area (Å²) in [6, 6.07) is 3.99. The fraction of sp³-hybridized carbons (Fsp3) is 0.500. The number of carbonyl (C=O) groups excluding carboxylic acids is 1. The van der Waals surface area contributed by atoms with Gasteiger partial charge in [-0.15, -0.1) is 11.3 Å². The quantitative estimate of drug-likeness (QED) is 0.752. The molecule has 18 heavy (non-hydrogen) atoms. The van der Waals surface area contributed by atoms with Crippen LogP contribution in [0.2, 0.25) is 0 Å². The Kier molecular flexibility index (Phi) is 6.16. The number of anilines is 1. The van der Waals surface area contributed by atoms with Gasteiger partial charge in [-0.05, 0) is 35.3 Å². The number of carbonyl (C=O) groups is 1. The van der Waals surface area contributed by atoms with Gasteiger partial charge in [0.25, 0.3) is 0 Å². The van der Waals surface area contributed by atoms with Crippen LogP contribution in [0.1, 0.15) is 25.1 Å². The number of esters is 1. The summed E-state index contributed by atoms with van der Waals surface area (Å²) in [5.74, 6) is -0.242. The largest absolute Gasteiger partial charge is 0.465 e. The van der Waals surface area contributed by atoms with Crippen LogP contribution in [-0.2, 0) is 9.53 Å². The fourth-order valence-corrected chi connectivity index (χ4v) is 3.06. The second kappa shape index (κ2) is 7.39. The Morgan fingerprint density at radius 3 is 2.83 bits per heavy atom. The second-order valence-corrected chi connectivity index (χ2v) is 5.49. The van der Waals surface area contributed by atoms with Crippen molar-refractivity contribution in [3.05, 3.63) is 15.4 Å². The van der Waals surface area contributed by atoms with Crippen LogP contribution in [-0.4, -0.2) is 25.7 Å². The van der Waals surface area contributed by atoms with E-state index in [1.165, 1.54) is 11.3 Å². The molecule has 0 unspecified atom stereocenters. The van der Waals surface area contributed by atoms with E-state index in [0.717, 1.165) is 22.4 Å². The molecule has 0 amide bonds. The number of halogens is 1. The number of thiophene rings is 1. The fourth-order valence-electron chi connectivity index (χ4n) is 1.49. The van der Waals surface area contributed by atoms with Gasteiger partial charge < -0.3 is 9.64 Å². The zero-order valence-corrected chi connectivity index (χ0v) is 12.8. The lowest BCUT2D eigenvalue weighted by atomic mass is 10.4. The summed E-state index contributed by atoms with van der Waals surface area (Å²) in [5.41, 5.74) is 0. The summed E-state index contributed by atoms with van der Waals surface area (Å²) in [4.78, 5) is 14.1. The minimum atomic E-state index is -0.242. The van der Waals surface area contributed by atoms with E-state index in [9.17, 15) is 4.79 Å². The molecule has 0 fully saturated rings. The maximum Gasteiger partial charge on any atom is 0.325 e. The third-order valence-electron chi connectivity index (χ3n) is 2.21. The Balaban J connectivity index is 2.83. The molecule has 1 heterocycles. The van der Waals surface area contributed by atoms with Gasteiger partial charge in [0.2, 0.25) is 0 Å². The van der Waals surface area contributed by atoms with E-state index in [1.54, 1.807) is 6.92 Å². The molecule has 0 aliphatic rings. The Hall–Kier alpha value is -1.06. The summed E-state index contributed by atoms with van der Waals surface area (Å²) in [6.07, 6.45) is 0.927. The van der Waals surface area contributed by atoms with Gasteiger partial charge in [0.15, 0.2) is 0 Å². The highest BCUT2D eigenvalue weighted by molar-refractivity contribution is 9.10. The molecule has 0 N–H and O–H groups in total. The SMILES string of the molecule is CCCN(CC(=O)OCC)c1cc(Br)c(C#N)s1. The molecule has 0 aliphatic heterocycles. The third kappa shape index (κ3) is 4.00. The zero-order chi connectivity index (χ0) is 13.5. The molecule has 98 valence electrons. The molecule has 0 aliphatic carbocycles. The summed E-state index contributed by atoms with van der Waals surface area (Å²) >= 11 is 4.72. The zero-order valence-electron chi connectivity index (χ0n) is 10.4. The van der Waals surface area contributed by atoms with Crippen molar-refractivity contribution in [1.29, 1.82) is 5.26 Å². The highest BCUT2D eigenvalue weighted by atomic mass is 79.9. The Labute approximate surface area is 119 Å². The average molecular weight is 331 g/mol. The standard InChI is InChI=1S/C12H15BrN2O2S/c1-3-5-15(8-12(16)17-4-2)11-6-9(13)10(7-14)18-11/h6H,3-5,8H2,1-2H3. The van der Waals surface area contributed by atoms with Crippen LogP contribution in [0.25, 0.3) is 0 Å². The minimum absolute atomic E-state index is 0.222. The second-order valence-electron chi connectivity index (χ2n) is 3.60. The van der Waals surface area contributed by atoms with E-state index in [4.69, 9.17) is 10.00 Å². The van der Waals surface area contributed by atoms with E-state index >= 15 is 0 Å². The van der Waals surface area contributed by atoms with Crippen molar-refractivity contribution in [2.45, 2.75) is 20.3 Å². The van der Waals surface area contributed by atoms with E-state index in [-0.39, 0.29) is 12.5 Å². The monoisotopic (exact) mass is 330 g/mol. The van der Waals surface area contributed by atoms with Crippen LogP contribution in [0.3, 0.4) is 0 Å². The molecule has 0 aromatic carbocycles. The molecule has 0 bridgehead atoms. The van der Waals surface area contributed by atoms with Gasteiger partial charge in [-0.2, -0.15) is 5.26 Å². The van der Waals surface area contributed by atoms with Crippen molar-refractivity contribution in [3.63, 3.8) is 0 Å². The van der Waals surface area contributed by atoms with Crippen molar-refractivity contribution in [3.8, 4) is 6.07 Å². The first kappa shape index (κ1) is 15.0. The van der Waals surface area contributed by atoms with Gasteiger partial charge in [0.05, 0.1) is 11.6 Å². The third-order valence-corrected chi connectivity index (χ3v) is 4.19. The van der Waals surface area contributed by atoms with Gasteiger partial charge in [0, 0.05) is 11.0 Å². The van der Waals surface area contributed by atoms with Gasteiger partial charge in [-0.3, -0.25) is 4.79 Å².